The third-order valence-corrected chi connectivity index (χ3v) is 3.72. The van der Waals surface area contributed by atoms with Gasteiger partial charge in [0.15, 0.2) is 5.96 Å². The van der Waals surface area contributed by atoms with Crippen LogP contribution < -0.4 is 16.2 Å². The molecular weight excluding hydrogens is 306 g/mol. The van der Waals surface area contributed by atoms with Gasteiger partial charge in [0.25, 0.3) is 0 Å². The minimum absolute atomic E-state index is 0.0412. The Hall–Kier alpha value is -2.57. The van der Waals surface area contributed by atoms with Crippen LogP contribution in [0.2, 0.25) is 0 Å². The third kappa shape index (κ3) is 5.26. The summed E-state index contributed by atoms with van der Waals surface area (Å²) in [6, 6.07) is 5.21. The number of nitrogens with one attached hydrogen (secondary N) is 2. The van der Waals surface area contributed by atoms with Crippen LogP contribution in [0, 0.1) is 13.8 Å². The molecule has 0 atom stereocenters. The molecule has 130 valence electrons. The monoisotopic (exact) mass is 331 g/mol. The van der Waals surface area contributed by atoms with Gasteiger partial charge in [-0.3, -0.25) is 9.79 Å². The topological polar surface area (TPSA) is 84.5 Å². The molecule has 0 aliphatic carbocycles. The standard InChI is InChI=1S/C17H25N5O2/c1-13-14(2)24-15(21-13)12-20-17(18-3)19-9-5-7-11-22-10-6-4-8-16(22)23/h4,6,8,10H,5,7,9,11-12H2,1-3H3,(H2,18,19,20). The summed E-state index contributed by atoms with van der Waals surface area (Å²) in [4.78, 5) is 20.1. The molecule has 24 heavy (non-hydrogen) atoms. The lowest BCUT2D eigenvalue weighted by Crippen LogP contribution is -2.37. The summed E-state index contributed by atoms with van der Waals surface area (Å²) in [5.41, 5.74) is 0.949. The molecule has 0 bridgehead atoms. The van der Waals surface area contributed by atoms with Gasteiger partial charge < -0.3 is 19.6 Å². The number of aryl methyl sites for hydroxylation is 3. The van der Waals surface area contributed by atoms with E-state index in [1.165, 1.54) is 0 Å². The van der Waals surface area contributed by atoms with E-state index in [0.29, 0.717) is 18.4 Å². The molecule has 7 heteroatoms. The van der Waals surface area contributed by atoms with Gasteiger partial charge in [-0.1, -0.05) is 6.07 Å². The second-order valence-corrected chi connectivity index (χ2v) is 5.54. The molecule has 0 spiro atoms. The maximum absolute atomic E-state index is 11.6. The van der Waals surface area contributed by atoms with Crippen molar-refractivity contribution < 1.29 is 4.42 Å². The van der Waals surface area contributed by atoms with Crippen LogP contribution in [0.15, 0.2) is 38.6 Å². The highest BCUT2D eigenvalue weighted by atomic mass is 16.4. The summed E-state index contributed by atoms with van der Waals surface area (Å²) in [6.07, 6.45) is 3.68. The van der Waals surface area contributed by atoms with Crippen LogP contribution in [0.25, 0.3) is 0 Å². The van der Waals surface area contributed by atoms with E-state index >= 15 is 0 Å². The maximum Gasteiger partial charge on any atom is 0.250 e. The summed E-state index contributed by atoms with van der Waals surface area (Å²) >= 11 is 0. The van der Waals surface area contributed by atoms with Gasteiger partial charge in [0.05, 0.1) is 12.2 Å². The first-order valence-electron chi connectivity index (χ1n) is 8.13. The van der Waals surface area contributed by atoms with Gasteiger partial charge >= 0.3 is 0 Å². The van der Waals surface area contributed by atoms with E-state index in [4.69, 9.17) is 4.42 Å². The molecule has 0 saturated carbocycles. The molecule has 2 aromatic rings. The Bertz CT molecular complexity index is 713. The van der Waals surface area contributed by atoms with Gasteiger partial charge in [0, 0.05) is 32.4 Å². The van der Waals surface area contributed by atoms with Crippen LogP contribution in [0.4, 0.5) is 0 Å². The average molecular weight is 331 g/mol. The van der Waals surface area contributed by atoms with Crippen molar-refractivity contribution in [3.05, 3.63) is 52.1 Å². The van der Waals surface area contributed by atoms with Gasteiger partial charge in [0.1, 0.15) is 5.76 Å². The number of guanidine groups is 1. The molecule has 0 unspecified atom stereocenters. The highest BCUT2D eigenvalue weighted by Crippen LogP contribution is 2.07. The lowest BCUT2D eigenvalue weighted by molar-refractivity contribution is 0.463. The van der Waals surface area contributed by atoms with E-state index in [0.717, 1.165) is 37.4 Å². The number of aliphatic imine (C=N–C) groups is 1. The molecule has 2 rings (SSSR count). The van der Waals surface area contributed by atoms with E-state index < -0.39 is 0 Å². The zero-order valence-electron chi connectivity index (χ0n) is 14.5. The summed E-state index contributed by atoms with van der Waals surface area (Å²) < 4.78 is 7.25. The van der Waals surface area contributed by atoms with Gasteiger partial charge in [-0.2, -0.15) is 0 Å². The lowest BCUT2D eigenvalue weighted by Gasteiger charge is -2.10. The SMILES string of the molecule is CN=C(NCCCCn1ccccc1=O)NCc1nc(C)c(C)o1. The van der Waals surface area contributed by atoms with Crippen molar-refractivity contribution in [3.63, 3.8) is 0 Å². The molecule has 0 radical (unpaired) electrons. The Balaban J connectivity index is 1.66. The number of oxazole rings is 1. The van der Waals surface area contributed by atoms with Crippen molar-refractivity contribution in [2.24, 2.45) is 4.99 Å². The van der Waals surface area contributed by atoms with Gasteiger partial charge in [-0.15, -0.1) is 0 Å². The highest BCUT2D eigenvalue weighted by Gasteiger charge is 2.06. The Morgan fingerprint density at radius 3 is 2.79 bits per heavy atom. The Morgan fingerprint density at radius 1 is 1.29 bits per heavy atom. The van der Waals surface area contributed by atoms with Crippen molar-refractivity contribution in [1.29, 1.82) is 0 Å². The number of rotatable bonds is 7. The molecular formula is C17H25N5O2. The second-order valence-electron chi connectivity index (χ2n) is 5.54. The van der Waals surface area contributed by atoms with Gasteiger partial charge in [0.2, 0.25) is 11.4 Å². The maximum atomic E-state index is 11.6. The van der Waals surface area contributed by atoms with E-state index in [1.807, 2.05) is 26.1 Å². The zero-order chi connectivity index (χ0) is 17.4. The van der Waals surface area contributed by atoms with Crippen LogP contribution in [0.3, 0.4) is 0 Å². The number of pyridine rings is 1. The van der Waals surface area contributed by atoms with Crippen molar-refractivity contribution in [2.75, 3.05) is 13.6 Å². The minimum Gasteiger partial charge on any atom is -0.444 e. The second kappa shape index (κ2) is 8.90. The molecule has 0 aromatic carbocycles. The average Bonchev–Trinajstić information content (AvgIpc) is 2.90. The van der Waals surface area contributed by atoms with Crippen LogP contribution >= 0.6 is 0 Å². The Morgan fingerprint density at radius 2 is 2.12 bits per heavy atom. The number of nitrogens with zero attached hydrogens (tertiary/aromatic N) is 3. The number of hydrogen-bond donors (Lipinski definition) is 2. The van der Waals surface area contributed by atoms with Crippen LogP contribution in [-0.2, 0) is 13.1 Å². The fraction of sp³-hybridized carbons (Fsp3) is 0.471. The summed E-state index contributed by atoms with van der Waals surface area (Å²) in [7, 11) is 1.73. The van der Waals surface area contributed by atoms with Crippen LogP contribution in [-0.4, -0.2) is 29.1 Å². The first-order valence-corrected chi connectivity index (χ1v) is 8.13. The third-order valence-electron chi connectivity index (χ3n) is 3.72. The first kappa shape index (κ1) is 17.8. The van der Waals surface area contributed by atoms with Crippen LogP contribution in [0.5, 0.6) is 0 Å². The van der Waals surface area contributed by atoms with Crippen molar-refractivity contribution in [1.82, 2.24) is 20.2 Å². The van der Waals surface area contributed by atoms with Crippen molar-refractivity contribution >= 4 is 5.96 Å². The molecule has 7 nitrogen and oxygen atoms in total. The van der Waals surface area contributed by atoms with Crippen LogP contribution in [0.1, 0.15) is 30.2 Å². The minimum atomic E-state index is 0.0412. The first-order chi connectivity index (χ1) is 11.6. The smallest absolute Gasteiger partial charge is 0.250 e. The number of unbranched alkanes of at least 4 members (excludes halogenated alkanes) is 1. The normalized spacial score (nSPS) is 11.5. The predicted molar refractivity (Wildman–Crippen MR) is 94.1 cm³/mol. The lowest BCUT2D eigenvalue weighted by atomic mass is 10.3. The molecule has 0 amide bonds. The van der Waals surface area contributed by atoms with Crippen molar-refractivity contribution in [3.8, 4) is 0 Å². The summed E-state index contributed by atoms with van der Waals surface area (Å²) in [5.74, 6) is 2.20. The zero-order valence-corrected chi connectivity index (χ0v) is 14.5. The fourth-order valence-corrected chi connectivity index (χ4v) is 2.25. The molecule has 0 saturated heterocycles. The van der Waals surface area contributed by atoms with E-state index in [-0.39, 0.29) is 5.56 Å². The molecule has 0 fully saturated rings. The highest BCUT2D eigenvalue weighted by molar-refractivity contribution is 5.79. The molecule has 0 aliphatic heterocycles. The molecule has 2 N–H and O–H groups in total. The molecule has 2 aromatic heterocycles. The number of aromatic nitrogens is 2. The van der Waals surface area contributed by atoms with E-state index in [2.05, 4.69) is 20.6 Å². The Kier molecular flexibility index (Phi) is 6.60. The van der Waals surface area contributed by atoms with E-state index in [9.17, 15) is 4.79 Å². The fourth-order valence-electron chi connectivity index (χ4n) is 2.25. The van der Waals surface area contributed by atoms with Gasteiger partial charge in [-0.05, 0) is 32.8 Å². The predicted octanol–water partition coefficient (Wildman–Crippen LogP) is 1.60. The largest absolute Gasteiger partial charge is 0.444 e. The van der Waals surface area contributed by atoms with Gasteiger partial charge in [-0.25, -0.2) is 4.98 Å². The molecule has 2 heterocycles. The number of hydrogen-bond acceptors (Lipinski definition) is 4. The quantitative estimate of drug-likeness (QED) is 0.457. The van der Waals surface area contributed by atoms with Crippen molar-refractivity contribution in [2.45, 2.75) is 39.8 Å². The van der Waals surface area contributed by atoms with E-state index in [1.54, 1.807) is 23.7 Å². The summed E-state index contributed by atoms with van der Waals surface area (Å²) in [6.45, 7) is 5.82. The summed E-state index contributed by atoms with van der Waals surface area (Å²) in [5, 5.41) is 6.42. The molecule has 0 aliphatic rings. The Labute approximate surface area is 141 Å².